The molecule has 0 spiro atoms. The monoisotopic (exact) mass is 287 g/mol. The predicted octanol–water partition coefficient (Wildman–Crippen LogP) is 2.91. The van der Waals surface area contributed by atoms with Gasteiger partial charge in [0.25, 0.3) is 5.91 Å². The lowest BCUT2D eigenvalue weighted by Gasteiger charge is -2.15. The molecule has 0 bridgehead atoms. The van der Waals surface area contributed by atoms with E-state index in [-0.39, 0.29) is 17.8 Å². The summed E-state index contributed by atoms with van der Waals surface area (Å²) in [5.74, 6) is 4.89. The molecule has 4 N–H and O–H groups in total. The highest BCUT2D eigenvalue weighted by Gasteiger charge is 2.12. The average Bonchev–Trinajstić information content (AvgIpc) is 2.47. The van der Waals surface area contributed by atoms with Gasteiger partial charge in [-0.05, 0) is 55.3 Å². The number of hydrogen-bond donors (Lipinski definition) is 3. The molecule has 1 amide bonds. The summed E-state index contributed by atoms with van der Waals surface area (Å²) < 4.78 is 12.9. The van der Waals surface area contributed by atoms with Gasteiger partial charge in [0.1, 0.15) is 5.82 Å². The number of rotatable bonds is 4. The molecule has 0 aromatic heterocycles. The van der Waals surface area contributed by atoms with Crippen LogP contribution in [0.15, 0.2) is 42.5 Å². The molecule has 0 aliphatic rings. The van der Waals surface area contributed by atoms with Crippen molar-refractivity contribution in [3.8, 4) is 0 Å². The van der Waals surface area contributed by atoms with Crippen LogP contribution in [0, 0.1) is 12.7 Å². The van der Waals surface area contributed by atoms with Gasteiger partial charge in [0.05, 0.1) is 11.7 Å². The Morgan fingerprint density at radius 2 is 1.86 bits per heavy atom. The van der Waals surface area contributed by atoms with Crippen molar-refractivity contribution < 1.29 is 9.18 Å². The molecule has 0 fully saturated rings. The average molecular weight is 287 g/mol. The summed E-state index contributed by atoms with van der Waals surface area (Å²) in [5, 5.41) is 2.88. The van der Waals surface area contributed by atoms with Gasteiger partial charge in [0.2, 0.25) is 0 Å². The molecule has 0 aliphatic heterocycles. The van der Waals surface area contributed by atoms with Crippen LogP contribution in [0.25, 0.3) is 0 Å². The summed E-state index contributed by atoms with van der Waals surface area (Å²) in [5.41, 5.74) is 5.64. The number of hydrogen-bond acceptors (Lipinski definition) is 3. The van der Waals surface area contributed by atoms with Gasteiger partial charge in [0, 0.05) is 5.56 Å². The Bertz CT molecular complexity index is 640. The van der Waals surface area contributed by atoms with Crippen molar-refractivity contribution in [3.63, 3.8) is 0 Å². The highest BCUT2D eigenvalue weighted by Crippen LogP contribution is 2.17. The number of nitrogen functional groups attached to an aromatic ring is 1. The van der Waals surface area contributed by atoms with Crippen molar-refractivity contribution in [2.24, 2.45) is 5.84 Å². The van der Waals surface area contributed by atoms with Crippen molar-refractivity contribution in [2.75, 3.05) is 5.43 Å². The van der Waals surface area contributed by atoms with Crippen LogP contribution in [0.3, 0.4) is 0 Å². The predicted molar refractivity (Wildman–Crippen MR) is 81.3 cm³/mol. The van der Waals surface area contributed by atoms with E-state index in [1.54, 1.807) is 30.3 Å². The van der Waals surface area contributed by atoms with E-state index in [2.05, 4.69) is 10.7 Å². The van der Waals surface area contributed by atoms with E-state index in [9.17, 15) is 9.18 Å². The number of carbonyl (C=O) groups is 1. The number of nitrogens with two attached hydrogens (primary N) is 1. The van der Waals surface area contributed by atoms with Crippen LogP contribution in [0.5, 0.6) is 0 Å². The minimum Gasteiger partial charge on any atom is -0.346 e. The highest BCUT2D eigenvalue weighted by molar-refractivity contribution is 5.95. The third-order valence-electron chi connectivity index (χ3n) is 3.36. The number of aryl methyl sites for hydroxylation is 1. The SMILES string of the molecule is Cc1cc(C(=O)NC(C)c2ccc(F)cc2)ccc1NN. The summed E-state index contributed by atoms with van der Waals surface area (Å²) in [6.07, 6.45) is 0. The molecule has 4 nitrogen and oxygen atoms in total. The van der Waals surface area contributed by atoms with Gasteiger partial charge in [-0.25, -0.2) is 4.39 Å². The zero-order valence-electron chi connectivity index (χ0n) is 12.0. The van der Waals surface area contributed by atoms with E-state index in [1.807, 2.05) is 13.8 Å². The third kappa shape index (κ3) is 3.58. The normalized spacial score (nSPS) is 11.8. The fourth-order valence-corrected chi connectivity index (χ4v) is 2.08. The lowest BCUT2D eigenvalue weighted by molar-refractivity contribution is 0.0940. The molecule has 0 radical (unpaired) electrons. The second-order valence-electron chi connectivity index (χ2n) is 4.92. The molecule has 110 valence electrons. The Morgan fingerprint density at radius 1 is 1.19 bits per heavy atom. The molecule has 0 heterocycles. The molecular formula is C16H18FN3O. The molecule has 2 aromatic rings. The fourth-order valence-electron chi connectivity index (χ4n) is 2.08. The number of hydrazine groups is 1. The minimum absolute atomic E-state index is 0.182. The first-order valence-electron chi connectivity index (χ1n) is 6.65. The first-order valence-corrected chi connectivity index (χ1v) is 6.65. The molecular weight excluding hydrogens is 269 g/mol. The quantitative estimate of drug-likeness (QED) is 0.598. The summed E-state index contributed by atoms with van der Waals surface area (Å²) >= 11 is 0. The number of anilines is 1. The zero-order valence-corrected chi connectivity index (χ0v) is 12.0. The first-order chi connectivity index (χ1) is 10.0. The molecule has 5 heteroatoms. The smallest absolute Gasteiger partial charge is 0.251 e. The van der Waals surface area contributed by atoms with Gasteiger partial charge in [-0.1, -0.05) is 12.1 Å². The van der Waals surface area contributed by atoms with Crippen LogP contribution in [-0.4, -0.2) is 5.91 Å². The van der Waals surface area contributed by atoms with Gasteiger partial charge in [-0.15, -0.1) is 0 Å². The Balaban J connectivity index is 2.10. The van der Waals surface area contributed by atoms with Crippen LogP contribution in [0.4, 0.5) is 10.1 Å². The van der Waals surface area contributed by atoms with Crippen molar-refractivity contribution in [2.45, 2.75) is 19.9 Å². The van der Waals surface area contributed by atoms with Crippen LogP contribution in [0.1, 0.15) is 34.5 Å². The van der Waals surface area contributed by atoms with Gasteiger partial charge >= 0.3 is 0 Å². The van der Waals surface area contributed by atoms with Crippen molar-refractivity contribution >= 4 is 11.6 Å². The highest BCUT2D eigenvalue weighted by atomic mass is 19.1. The van der Waals surface area contributed by atoms with Gasteiger partial charge in [0.15, 0.2) is 0 Å². The van der Waals surface area contributed by atoms with E-state index in [1.165, 1.54) is 12.1 Å². The van der Waals surface area contributed by atoms with E-state index in [0.29, 0.717) is 5.56 Å². The molecule has 0 saturated heterocycles. The van der Waals surface area contributed by atoms with E-state index in [4.69, 9.17) is 5.84 Å². The lowest BCUT2D eigenvalue weighted by atomic mass is 10.1. The number of carbonyl (C=O) groups excluding carboxylic acids is 1. The van der Waals surface area contributed by atoms with Crippen molar-refractivity contribution in [1.82, 2.24) is 5.32 Å². The summed E-state index contributed by atoms with van der Waals surface area (Å²) in [6, 6.07) is 11.1. The zero-order chi connectivity index (χ0) is 15.4. The first kappa shape index (κ1) is 15.0. The van der Waals surface area contributed by atoms with E-state index < -0.39 is 0 Å². The Labute approximate surface area is 123 Å². The standard InChI is InChI=1S/C16H18FN3O/c1-10-9-13(5-8-15(10)20-18)16(21)19-11(2)12-3-6-14(17)7-4-12/h3-9,11,20H,18H2,1-2H3,(H,19,21). The fraction of sp³-hybridized carbons (Fsp3) is 0.188. The van der Waals surface area contributed by atoms with Gasteiger partial charge in [-0.2, -0.15) is 0 Å². The van der Waals surface area contributed by atoms with E-state index >= 15 is 0 Å². The minimum atomic E-state index is -0.294. The lowest BCUT2D eigenvalue weighted by Crippen LogP contribution is -2.26. The largest absolute Gasteiger partial charge is 0.346 e. The summed E-state index contributed by atoms with van der Waals surface area (Å²) in [7, 11) is 0. The maximum atomic E-state index is 12.9. The molecule has 1 unspecified atom stereocenters. The molecule has 2 aromatic carbocycles. The van der Waals surface area contributed by atoms with E-state index in [0.717, 1.165) is 16.8 Å². The summed E-state index contributed by atoms with van der Waals surface area (Å²) in [4.78, 5) is 12.2. The number of amides is 1. The van der Waals surface area contributed by atoms with Crippen LogP contribution < -0.4 is 16.6 Å². The Kier molecular flexibility index (Phi) is 4.55. The number of benzene rings is 2. The third-order valence-corrected chi connectivity index (χ3v) is 3.36. The summed E-state index contributed by atoms with van der Waals surface area (Å²) in [6.45, 7) is 3.73. The topological polar surface area (TPSA) is 67.2 Å². The molecule has 2 rings (SSSR count). The maximum Gasteiger partial charge on any atom is 0.251 e. The van der Waals surface area contributed by atoms with Crippen molar-refractivity contribution in [3.05, 3.63) is 65.0 Å². The van der Waals surface area contributed by atoms with Gasteiger partial charge in [-0.3, -0.25) is 10.6 Å². The molecule has 0 aliphatic carbocycles. The number of nitrogens with one attached hydrogen (secondary N) is 2. The molecule has 1 atom stereocenters. The maximum absolute atomic E-state index is 12.9. The molecule has 21 heavy (non-hydrogen) atoms. The Morgan fingerprint density at radius 3 is 2.43 bits per heavy atom. The van der Waals surface area contributed by atoms with Crippen molar-refractivity contribution in [1.29, 1.82) is 0 Å². The van der Waals surface area contributed by atoms with Crippen LogP contribution in [0.2, 0.25) is 0 Å². The second-order valence-corrected chi connectivity index (χ2v) is 4.92. The van der Waals surface area contributed by atoms with Crippen LogP contribution >= 0.6 is 0 Å². The number of halogens is 1. The molecule has 0 saturated carbocycles. The Hall–Kier alpha value is -2.40. The van der Waals surface area contributed by atoms with Crippen LogP contribution in [-0.2, 0) is 0 Å². The second kappa shape index (κ2) is 6.37. The van der Waals surface area contributed by atoms with Gasteiger partial charge < -0.3 is 10.7 Å².